The molecular formula is C21H28N4O2. The minimum absolute atomic E-state index is 0.138. The minimum Gasteiger partial charge on any atom is -0.496 e. The molecule has 6 nitrogen and oxygen atoms in total. The molecule has 0 spiro atoms. The van der Waals surface area contributed by atoms with Gasteiger partial charge in [-0.1, -0.05) is 24.3 Å². The molecule has 1 saturated heterocycles. The van der Waals surface area contributed by atoms with E-state index in [0.29, 0.717) is 13.1 Å². The molecule has 2 heterocycles. The van der Waals surface area contributed by atoms with E-state index in [4.69, 9.17) is 4.74 Å². The van der Waals surface area contributed by atoms with Crippen LogP contribution in [0.1, 0.15) is 11.3 Å². The number of pyridine rings is 1. The van der Waals surface area contributed by atoms with Crippen LogP contribution in [0.2, 0.25) is 0 Å². The zero-order valence-electron chi connectivity index (χ0n) is 16.2. The van der Waals surface area contributed by atoms with Gasteiger partial charge in [0.05, 0.1) is 19.3 Å². The van der Waals surface area contributed by atoms with Gasteiger partial charge in [-0.3, -0.25) is 19.6 Å². The van der Waals surface area contributed by atoms with E-state index in [-0.39, 0.29) is 5.91 Å². The number of hydrogen-bond donors (Lipinski definition) is 0. The van der Waals surface area contributed by atoms with Crippen molar-refractivity contribution in [1.82, 2.24) is 19.7 Å². The number of aromatic nitrogens is 1. The Morgan fingerprint density at radius 2 is 1.78 bits per heavy atom. The molecule has 144 valence electrons. The summed E-state index contributed by atoms with van der Waals surface area (Å²) in [4.78, 5) is 23.4. The zero-order chi connectivity index (χ0) is 19.1. The number of carbonyl (C=O) groups excluding carboxylic acids is 1. The molecule has 1 amide bonds. The molecule has 0 unspecified atom stereocenters. The first kappa shape index (κ1) is 19.3. The smallest absolute Gasteiger partial charge is 0.236 e. The monoisotopic (exact) mass is 368 g/mol. The third kappa shape index (κ3) is 5.52. The summed E-state index contributed by atoms with van der Waals surface area (Å²) in [5, 5.41) is 0. The van der Waals surface area contributed by atoms with Gasteiger partial charge in [-0.25, -0.2) is 0 Å². The highest BCUT2D eigenvalue weighted by Gasteiger charge is 2.21. The summed E-state index contributed by atoms with van der Waals surface area (Å²) >= 11 is 0. The molecule has 0 aliphatic carbocycles. The second-order valence-corrected chi connectivity index (χ2v) is 6.94. The van der Waals surface area contributed by atoms with Crippen molar-refractivity contribution in [3.8, 4) is 5.75 Å². The number of hydrogen-bond acceptors (Lipinski definition) is 5. The Kier molecular flexibility index (Phi) is 6.79. The fourth-order valence-electron chi connectivity index (χ4n) is 3.32. The molecule has 1 fully saturated rings. The van der Waals surface area contributed by atoms with Gasteiger partial charge in [0, 0.05) is 58.1 Å². The van der Waals surface area contributed by atoms with Crippen LogP contribution in [0.3, 0.4) is 0 Å². The molecule has 0 radical (unpaired) electrons. The lowest BCUT2D eigenvalue weighted by Gasteiger charge is -2.34. The van der Waals surface area contributed by atoms with Gasteiger partial charge in [-0.2, -0.15) is 0 Å². The van der Waals surface area contributed by atoms with Crippen LogP contribution in [0.5, 0.6) is 5.75 Å². The molecule has 1 aliphatic heterocycles. The molecule has 0 N–H and O–H groups in total. The van der Waals surface area contributed by atoms with Crippen LogP contribution in [0, 0.1) is 0 Å². The summed E-state index contributed by atoms with van der Waals surface area (Å²) in [6, 6.07) is 13.9. The molecule has 1 aromatic carbocycles. The highest BCUT2D eigenvalue weighted by Crippen LogP contribution is 2.18. The maximum atomic E-state index is 12.6. The van der Waals surface area contributed by atoms with E-state index in [1.54, 1.807) is 12.0 Å². The largest absolute Gasteiger partial charge is 0.496 e. The topological polar surface area (TPSA) is 48.9 Å². The highest BCUT2D eigenvalue weighted by atomic mass is 16.5. The molecule has 0 saturated carbocycles. The summed E-state index contributed by atoms with van der Waals surface area (Å²) in [5.74, 6) is 0.958. The number of carbonyl (C=O) groups is 1. The molecule has 27 heavy (non-hydrogen) atoms. The first-order valence-corrected chi connectivity index (χ1v) is 9.36. The lowest BCUT2D eigenvalue weighted by Crippen LogP contribution is -2.49. The molecule has 1 aromatic heterocycles. The molecule has 2 aromatic rings. The number of amides is 1. The molecular weight excluding hydrogens is 340 g/mol. The van der Waals surface area contributed by atoms with Crippen molar-refractivity contribution in [3.05, 3.63) is 59.9 Å². The van der Waals surface area contributed by atoms with Crippen LogP contribution >= 0.6 is 0 Å². The zero-order valence-corrected chi connectivity index (χ0v) is 16.2. The summed E-state index contributed by atoms with van der Waals surface area (Å²) in [5.41, 5.74) is 2.12. The maximum absolute atomic E-state index is 12.6. The number of likely N-dealkylation sites (N-methyl/N-ethyl adjacent to an activating group) is 1. The van der Waals surface area contributed by atoms with Crippen molar-refractivity contribution in [2.45, 2.75) is 13.1 Å². The van der Waals surface area contributed by atoms with Gasteiger partial charge in [0.15, 0.2) is 0 Å². The van der Waals surface area contributed by atoms with E-state index in [9.17, 15) is 4.79 Å². The average Bonchev–Trinajstić information content (AvgIpc) is 2.70. The van der Waals surface area contributed by atoms with Gasteiger partial charge >= 0.3 is 0 Å². The average molecular weight is 368 g/mol. The Balaban J connectivity index is 1.45. The molecule has 3 rings (SSSR count). The van der Waals surface area contributed by atoms with Gasteiger partial charge in [-0.15, -0.1) is 0 Å². The first-order valence-electron chi connectivity index (χ1n) is 9.36. The van der Waals surface area contributed by atoms with E-state index < -0.39 is 0 Å². The van der Waals surface area contributed by atoms with Crippen LogP contribution in [-0.2, 0) is 17.9 Å². The van der Waals surface area contributed by atoms with Crippen LogP contribution in [-0.4, -0.2) is 72.5 Å². The number of methoxy groups -OCH3 is 1. The number of benzene rings is 1. The van der Waals surface area contributed by atoms with Crippen molar-refractivity contribution < 1.29 is 9.53 Å². The Labute approximate surface area is 161 Å². The van der Waals surface area contributed by atoms with E-state index >= 15 is 0 Å². The Bertz CT molecular complexity index is 730. The number of piperazine rings is 1. The Hall–Kier alpha value is -2.44. The number of nitrogens with zero attached hydrogens (tertiary/aromatic N) is 4. The van der Waals surface area contributed by atoms with Gasteiger partial charge in [0.25, 0.3) is 0 Å². The van der Waals surface area contributed by atoms with E-state index in [2.05, 4.69) is 20.9 Å². The predicted octanol–water partition coefficient (Wildman–Crippen LogP) is 1.87. The third-order valence-corrected chi connectivity index (χ3v) is 4.96. The number of rotatable bonds is 7. The Morgan fingerprint density at radius 3 is 2.48 bits per heavy atom. The van der Waals surface area contributed by atoms with E-state index in [1.807, 2.05) is 49.6 Å². The van der Waals surface area contributed by atoms with E-state index in [1.165, 1.54) is 0 Å². The molecule has 0 atom stereocenters. The first-order chi connectivity index (χ1) is 13.2. The van der Waals surface area contributed by atoms with Crippen LogP contribution in [0.4, 0.5) is 0 Å². The van der Waals surface area contributed by atoms with Crippen LogP contribution in [0.15, 0.2) is 48.7 Å². The molecule has 1 aliphatic rings. The lowest BCUT2D eigenvalue weighted by molar-refractivity contribution is -0.132. The number of para-hydroxylation sites is 1. The third-order valence-electron chi connectivity index (χ3n) is 4.96. The fraction of sp³-hybridized carbons (Fsp3) is 0.429. The SMILES string of the molecule is COc1ccccc1CN(C)C(=O)CN1CCN(Cc2ccccn2)CC1. The van der Waals surface area contributed by atoms with Crippen molar-refractivity contribution >= 4 is 5.91 Å². The maximum Gasteiger partial charge on any atom is 0.236 e. The van der Waals surface area contributed by atoms with E-state index in [0.717, 1.165) is 49.7 Å². The predicted molar refractivity (Wildman–Crippen MR) is 105 cm³/mol. The quantitative estimate of drug-likeness (QED) is 0.747. The van der Waals surface area contributed by atoms with Gasteiger partial charge in [-0.05, 0) is 18.2 Å². The fourth-order valence-corrected chi connectivity index (χ4v) is 3.32. The minimum atomic E-state index is 0.138. The Morgan fingerprint density at radius 1 is 1.07 bits per heavy atom. The van der Waals surface area contributed by atoms with Crippen molar-refractivity contribution in [3.63, 3.8) is 0 Å². The lowest BCUT2D eigenvalue weighted by atomic mass is 10.2. The van der Waals surface area contributed by atoms with Gasteiger partial charge in [0.1, 0.15) is 5.75 Å². The van der Waals surface area contributed by atoms with Crippen molar-refractivity contribution in [1.29, 1.82) is 0 Å². The highest BCUT2D eigenvalue weighted by molar-refractivity contribution is 5.78. The second-order valence-electron chi connectivity index (χ2n) is 6.94. The van der Waals surface area contributed by atoms with Gasteiger partial charge < -0.3 is 9.64 Å². The standard InChI is InChI=1S/C21H28N4O2/c1-23(15-18-7-3-4-9-20(18)27-2)21(26)17-25-13-11-24(12-14-25)16-19-8-5-6-10-22-19/h3-10H,11-17H2,1-2H3. The van der Waals surface area contributed by atoms with Crippen molar-refractivity contribution in [2.24, 2.45) is 0 Å². The summed E-state index contributed by atoms with van der Waals surface area (Å²) in [7, 11) is 3.51. The molecule has 0 bridgehead atoms. The number of ether oxygens (including phenoxy) is 1. The summed E-state index contributed by atoms with van der Waals surface area (Å²) < 4.78 is 5.38. The van der Waals surface area contributed by atoms with Crippen LogP contribution in [0.25, 0.3) is 0 Å². The normalized spacial score (nSPS) is 15.5. The van der Waals surface area contributed by atoms with Gasteiger partial charge in [0.2, 0.25) is 5.91 Å². The summed E-state index contributed by atoms with van der Waals surface area (Å²) in [6.07, 6.45) is 1.84. The van der Waals surface area contributed by atoms with Crippen LogP contribution < -0.4 is 4.74 Å². The molecule has 6 heteroatoms. The second kappa shape index (κ2) is 9.48. The van der Waals surface area contributed by atoms with Crippen molar-refractivity contribution in [2.75, 3.05) is 46.9 Å². The summed E-state index contributed by atoms with van der Waals surface area (Å²) in [6.45, 7) is 5.62.